The number of methoxy groups -OCH3 is 1. The number of carbonyl (C=O) groups is 1. The Morgan fingerprint density at radius 3 is 3.19 bits per heavy atom. The van der Waals surface area contributed by atoms with E-state index in [1.54, 1.807) is 11.3 Å². The van der Waals surface area contributed by atoms with Crippen molar-refractivity contribution in [3.63, 3.8) is 0 Å². The predicted molar refractivity (Wildman–Crippen MR) is 81.0 cm³/mol. The van der Waals surface area contributed by atoms with Gasteiger partial charge in [-0.1, -0.05) is 13.3 Å². The average Bonchev–Trinajstić information content (AvgIpc) is 3.12. The normalized spacial score (nSPS) is 17.3. The SMILES string of the molecule is CCC1CCc2sc(C(=O)Nc3nc(OC)n[nH]3)cc2C1. The second-order valence-corrected chi connectivity index (χ2v) is 6.34. The fraction of sp³-hybridized carbons (Fsp3) is 0.500. The minimum absolute atomic E-state index is 0.152. The molecule has 0 spiro atoms. The zero-order chi connectivity index (χ0) is 14.8. The van der Waals surface area contributed by atoms with Crippen LogP contribution in [-0.2, 0) is 12.8 Å². The number of rotatable bonds is 4. The van der Waals surface area contributed by atoms with Crippen molar-refractivity contribution in [1.82, 2.24) is 15.2 Å². The van der Waals surface area contributed by atoms with E-state index < -0.39 is 0 Å². The molecule has 0 radical (unpaired) electrons. The van der Waals surface area contributed by atoms with Crippen molar-refractivity contribution >= 4 is 23.2 Å². The van der Waals surface area contributed by atoms with E-state index in [1.165, 1.54) is 30.4 Å². The van der Waals surface area contributed by atoms with Gasteiger partial charge in [-0.15, -0.1) is 16.4 Å². The first-order valence-electron chi connectivity index (χ1n) is 7.09. The molecule has 1 atom stereocenters. The minimum atomic E-state index is -0.152. The molecule has 112 valence electrons. The van der Waals surface area contributed by atoms with E-state index in [4.69, 9.17) is 4.74 Å². The summed E-state index contributed by atoms with van der Waals surface area (Å²) in [7, 11) is 1.48. The number of thiophene rings is 1. The lowest BCUT2D eigenvalue weighted by atomic mass is 9.87. The molecule has 0 saturated heterocycles. The van der Waals surface area contributed by atoms with Gasteiger partial charge in [0.25, 0.3) is 5.91 Å². The number of H-pyrrole nitrogens is 1. The number of aromatic nitrogens is 3. The van der Waals surface area contributed by atoms with Gasteiger partial charge in [0.15, 0.2) is 0 Å². The van der Waals surface area contributed by atoms with Crippen LogP contribution < -0.4 is 10.1 Å². The first-order chi connectivity index (χ1) is 10.2. The maximum atomic E-state index is 12.3. The van der Waals surface area contributed by atoms with Gasteiger partial charge in [-0.2, -0.15) is 4.98 Å². The first kappa shape index (κ1) is 14.1. The second kappa shape index (κ2) is 5.85. The van der Waals surface area contributed by atoms with Crippen molar-refractivity contribution in [2.45, 2.75) is 32.6 Å². The number of carbonyl (C=O) groups excluding carboxylic acids is 1. The lowest BCUT2D eigenvalue weighted by molar-refractivity contribution is 0.102. The van der Waals surface area contributed by atoms with Gasteiger partial charge < -0.3 is 4.74 Å². The van der Waals surface area contributed by atoms with Gasteiger partial charge >= 0.3 is 6.01 Å². The molecule has 0 aliphatic heterocycles. The largest absolute Gasteiger partial charge is 0.466 e. The highest BCUT2D eigenvalue weighted by atomic mass is 32.1. The molecule has 1 unspecified atom stereocenters. The molecule has 1 aliphatic rings. The van der Waals surface area contributed by atoms with Gasteiger partial charge in [-0.25, -0.2) is 5.10 Å². The molecule has 6 nitrogen and oxygen atoms in total. The summed E-state index contributed by atoms with van der Waals surface area (Å²) in [4.78, 5) is 18.3. The summed E-state index contributed by atoms with van der Waals surface area (Å²) in [6.45, 7) is 2.23. The van der Waals surface area contributed by atoms with Crippen LogP contribution in [-0.4, -0.2) is 28.2 Å². The molecule has 21 heavy (non-hydrogen) atoms. The zero-order valence-electron chi connectivity index (χ0n) is 12.1. The summed E-state index contributed by atoms with van der Waals surface area (Å²) in [6, 6.07) is 2.23. The summed E-state index contributed by atoms with van der Waals surface area (Å²) in [5.74, 6) is 0.900. The average molecular weight is 306 g/mol. The fourth-order valence-electron chi connectivity index (χ4n) is 2.62. The van der Waals surface area contributed by atoms with Crippen molar-refractivity contribution in [2.75, 3.05) is 12.4 Å². The smallest absolute Gasteiger partial charge is 0.336 e. The second-order valence-electron chi connectivity index (χ2n) is 5.20. The van der Waals surface area contributed by atoms with Gasteiger partial charge in [-0.3, -0.25) is 10.1 Å². The highest BCUT2D eigenvalue weighted by Gasteiger charge is 2.22. The highest BCUT2D eigenvalue weighted by Crippen LogP contribution is 2.33. The zero-order valence-corrected chi connectivity index (χ0v) is 12.9. The molecule has 3 rings (SSSR count). The van der Waals surface area contributed by atoms with E-state index in [0.29, 0.717) is 5.95 Å². The van der Waals surface area contributed by atoms with E-state index in [-0.39, 0.29) is 11.9 Å². The Kier molecular flexibility index (Phi) is 3.92. The molecule has 2 heterocycles. The number of fused-ring (bicyclic) bond motifs is 1. The van der Waals surface area contributed by atoms with Crippen molar-refractivity contribution in [1.29, 1.82) is 0 Å². The number of ether oxygens (including phenoxy) is 1. The molecule has 0 fully saturated rings. The topological polar surface area (TPSA) is 79.9 Å². The van der Waals surface area contributed by atoms with Crippen LogP contribution in [0.5, 0.6) is 6.01 Å². The Hall–Kier alpha value is -1.89. The quantitative estimate of drug-likeness (QED) is 0.910. The number of amides is 1. The minimum Gasteiger partial charge on any atom is -0.466 e. The molecule has 0 aromatic carbocycles. The van der Waals surface area contributed by atoms with E-state index in [1.807, 2.05) is 6.07 Å². The van der Waals surface area contributed by atoms with Crippen LogP contribution in [0.2, 0.25) is 0 Å². The summed E-state index contributed by atoms with van der Waals surface area (Å²) in [6.07, 6.45) is 4.60. The van der Waals surface area contributed by atoms with Gasteiger partial charge in [0.05, 0.1) is 12.0 Å². The number of aryl methyl sites for hydroxylation is 1. The van der Waals surface area contributed by atoms with Crippen LogP contribution in [0.4, 0.5) is 5.95 Å². The van der Waals surface area contributed by atoms with E-state index in [2.05, 4.69) is 27.4 Å². The third kappa shape index (κ3) is 2.92. The molecule has 1 aliphatic carbocycles. The van der Waals surface area contributed by atoms with E-state index >= 15 is 0 Å². The molecule has 7 heteroatoms. The maximum Gasteiger partial charge on any atom is 0.336 e. The number of hydrogen-bond acceptors (Lipinski definition) is 5. The van der Waals surface area contributed by atoms with Gasteiger partial charge in [0.1, 0.15) is 0 Å². The monoisotopic (exact) mass is 306 g/mol. The number of aromatic amines is 1. The molecule has 0 bridgehead atoms. The van der Waals surface area contributed by atoms with Crippen molar-refractivity contribution in [2.24, 2.45) is 5.92 Å². The first-order valence-corrected chi connectivity index (χ1v) is 7.90. The molecule has 0 saturated carbocycles. The molecule has 2 aromatic heterocycles. The summed E-state index contributed by atoms with van der Waals surface area (Å²) >= 11 is 1.58. The number of nitrogens with one attached hydrogen (secondary N) is 2. The molecule has 2 aromatic rings. The van der Waals surface area contributed by atoms with Crippen LogP contribution in [0, 0.1) is 5.92 Å². The maximum absolute atomic E-state index is 12.3. The Labute approximate surface area is 126 Å². The molecular weight excluding hydrogens is 288 g/mol. The number of anilines is 1. The Balaban J connectivity index is 1.72. The Morgan fingerprint density at radius 2 is 2.48 bits per heavy atom. The molecular formula is C14H18N4O2S. The van der Waals surface area contributed by atoms with Gasteiger partial charge in [0, 0.05) is 4.88 Å². The summed E-state index contributed by atoms with van der Waals surface area (Å²) in [5.41, 5.74) is 1.33. The van der Waals surface area contributed by atoms with Crippen molar-refractivity contribution < 1.29 is 9.53 Å². The Bertz CT molecular complexity index is 649. The number of hydrogen-bond donors (Lipinski definition) is 2. The van der Waals surface area contributed by atoms with E-state index in [9.17, 15) is 4.79 Å². The van der Waals surface area contributed by atoms with Crippen LogP contribution in [0.3, 0.4) is 0 Å². The molecule has 1 amide bonds. The van der Waals surface area contributed by atoms with Crippen molar-refractivity contribution in [3.8, 4) is 6.01 Å². The third-order valence-corrected chi connectivity index (χ3v) is 5.10. The van der Waals surface area contributed by atoms with Gasteiger partial charge in [0.2, 0.25) is 5.95 Å². The summed E-state index contributed by atoms with van der Waals surface area (Å²) in [5, 5.41) is 9.13. The highest BCUT2D eigenvalue weighted by molar-refractivity contribution is 7.14. The summed E-state index contributed by atoms with van der Waals surface area (Å²) < 4.78 is 4.87. The van der Waals surface area contributed by atoms with Crippen LogP contribution in [0.1, 0.15) is 39.9 Å². The molecule has 2 N–H and O–H groups in total. The fourth-order valence-corrected chi connectivity index (χ4v) is 3.73. The standard InChI is InChI=1S/C14H18N4O2S/c1-3-8-4-5-10-9(6-8)7-11(21-10)12(19)15-13-16-14(20-2)18-17-13/h7-8H,3-6H2,1-2H3,(H2,15,16,17,18,19). The third-order valence-electron chi connectivity index (χ3n) is 3.87. The van der Waals surface area contributed by atoms with Crippen LogP contribution in [0.15, 0.2) is 6.07 Å². The van der Waals surface area contributed by atoms with Crippen LogP contribution >= 0.6 is 11.3 Å². The number of nitrogens with zero attached hydrogens (tertiary/aromatic N) is 2. The van der Waals surface area contributed by atoms with Gasteiger partial charge in [-0.05, 0) is 36.8 Å². The lowest BCUT2D eigenvalue weighted by Crippen LogP contribution is -2.11. The Morgan fingerprint density at radius 1 is 1.62 bits per heavy atom. The lowest BCUT2D eigenvalue weighted by Gasteiger charge is -2.19. The van der Waals surface area contributed by atoms with E-state index in [0.717, 1.165) is 23.6 Å². The van der Waals surface area contributed by atoms with Crippen LogP contribution in [0.25, 0.3) is 0 Å². The predicted octanol–water partition coefficient (Wildman–Crippen LogP) is 2.64. The van der Waals surface area contributed by atoms with Crippen molar-refractivity contribution in [3.05, 3.63) is 21.4 Å².